The Balaban J connectivity index is 2.03. The molecule has 0 saturated carbocycles. The Morgan fingerprint density at radius 2 is 2.05 bits per heavy atom. The van der Waals surface area contributed by atoms with Gasteiger partial charge in [0.05, 0.1) is 7.11 Å². The molecule has 1 aliphatic heterocycles. The number of methoxy groups -OCH3 is 1. The van der Waals surface area contributed by atoms with E-state index in [1.807, 2.05) is 0 Å². The normalized spacial score (nSPS) is 18.2. The number of hydrogen-bond donors (Lipinski definition) is 2. The molecule has 1 atom stereocenters. The van der Waals surface area contributed by atoms with Crippen LogP contribution in [-0.4, -0.2) is 36.6 Å². The molecule has 6 heteroatoms. The van der Waals surface area contributed by atoms with Crippen LogP contribution in [0.2, 0.25) is 0 Å². The lowest BCUT2D eigenvalue weighted by molar-refractivity contribution is -0.144. The van der Waals surface area contributed by atoms with Crippen molar-refractivity contribution in [1.82, 2.24) is 4.90 Å². The maximum absolute atomic E-state index is 12.1. The molecule has 3 N–H and O–H groups in total. The van der Waals surface area contributed by atoms with E-state index in [0.717, 1.165) is 6.42 Å². The Morgan fingerprint density at radius 3 is 2.68 bits per heavy atom. The van der Waals surface area contributed by atoms with Crippen LogP contribution in [0.3, 0.4) is 0 Å². The predicted molar refractivity (Wildman–Crippen MR) is 71.6 cm³/mol. The second-order valence-electron chi connectivity index (χ2n) is 4.43. The minimum atomic E-state index is -0.487. The van der Waals surface area contributed by atoms with E-state index in [1.54, 1.807) is 24.3 Å². The molecular weight excluding hydrogens is 246 g/mol. The first kappa shape index (κ1) is 13.2. The van der Waals surface area contributed by atoms with Crippen LogP contribution in [0.4, 0.5) is 16.2 Å². The fourth-order valence-corrected chi connectivity index (χ4v) is 2.15. The van der Waals surface area contributed by atoms with E-state index in [2.05, 4.69) is 5.32 Å². The maximum Gasteiger partial charge on any atom is 0.328 e. The molecular formula is C13H17N3O3. The highest BCUT2D eigenvalue weighted by molar-refractivity contribution is 5.93. The first-order valence-corrected chi connectivity index (χ1v) is 6.13. The van der Waals surface area contributed by atoms with Gasteiger partial charge in [-0.05, 0) is 37.1 Å². The minimum Gasteiger partial charge on any atom is -0.467 e. The quantitative estimate of drug-likeness (QED) is 0.624. The number of likely N-dealkylation sites (tertiary alicyclic amines) is 1. The van der Waals surface area contributed by atoms with Gasteiger partial charge >= 0.3 is 12.0 Å². The second-order valence-corrected chi connectivity index (χ2v) is 4.43. The minimum absolute atomic E-state index is 0.294. The molecule has 1 aliphatic rings. The molecule has 0 radical (unpaired) electrons. The summed E-state index contributed by atoms with van der Waals surface area (Å²) in [5.41, 5.74) is 6.85. The topological polar surface area (TPSA) is 84.7 Å². The third kappa shape index (κ3) is 2.96. The van der Waals surface area contributed by atoms with Gasteiger partial charge in [0.2, 0.25) is 0 Å². The number of rotatable bonds is 2. The third-order valence-electron chi connectivity index (χ3n) is 3.15. The molecule has 102 valence electrons. The number of nitrogens with one attached hydrogen (secondary N) is 1. The molecule has 0 aliphatic carbocycles. The first-order valence-electron chi connectivity index (χ1n) is 6.13. The zero-order chi connectivity index (χ0) is 13.8. The molecule has 1 heterocycles. The van der Waals surface area contributed by atoms with Crippen molar-refractivity contribution in [3.8, 4) is 0 Å². The Labute approximate surface area is 111 Å². The van der Waals surface area contributed by atoms with E-state index < -0.39 is 6.04 Å². The number of nitrogens with zero attached hydrogens (tertiary/aromatic N) is 1. The van der Waals surface area contributed by atoms with Crippen LogP contribution in [0.1, 0.15) is 12.8 Å². The Morgan fingerprint density at radius 1 is 1.37 bits per heavy atom. The molecule has 2 amide bonds. The SMILES string of the molecule is COC(=O)C1CCCN1C(=O)Nc1ccc(N)cc1. The van der Waals surface area contributed by atoms with E-state index in [1.165, 1.54) is 12.0 Å². The molecule has 1 unspecified atom stereocenters. The van der Waals surface area contributed by atoms with E-state index in [9.17, 15) is 9.59 Å². The van der Waals surface area contributed by atoms with Crippen molar-refractivity contribution >= 4 is 23.4 Å². The zero-order valence-corrected chi connectivity index (χ0v) is 10.8. The number of anilines is 2. The number of nitrogens with two attached hydrogens (primary N) is 1. The molecule has 1 saturated heterocycles. The number of amides is 2. The van der Waals surface area contributed by atoms with Crippen molar-refractivity contribution in [2.75, 3.05) is 24.7 Å². The van der Waals surface area contributed by atoms with Gasteiger partial charge in [-0.25, -0.2) is 9.59 Å². The van der Waals surface area contributed by atoms with Gasteiger partial charge in [0.25, 0.3) is 0 Å². The third-order valence-corrected chi connectivity index (χ3v) is 3.15. The van der Waals surface area contributed by atoms with Crippen molar-refractivity contribution in [3.63, 3.8) is 0 Å². The second kappa shape index (κ2) is 5.60. The summed E-state index contributed by atoms with van der Waals surface area (Å²) in [6, 6.07) is 6.07. The van der Waals surface area contributed by atoms with Gasteiger partial charge in [0.15, 0.2) is 0 Å². The molecule has 1 aromatic rings. The summed E-state index contributed by atoms with van der Waals surface area (Å²) in [5, 5.41) is 2.74. The summed E-state index contributed by atoms with van der Waals surface area (Å²) in [5.74, 6) is -0.370. The van der Waals surface area contributed by atoms with Crippen molar-refractivity contribution in [3.05, 3.63) is 24.3 Å². The van der Waals surface area contributed by atoms with E-state index in [4.69, 9.17) is 10.5 Å². The summed E-state index contributed by atoms with van der Waals surface area (Å²) in [7, 11) is 1.33. The van der Waals surface area contributed by atoms with E-state index in [0.29, 0.717) is 24.3 Å². The fourth-order valence-electron chi connectivity index (χ4n) is 2.15. The molecule has 1 fully saturated rings. The lowest BCUT2D eigenvalue weighted by atomic mass is 10.2. The highest BCUT2D eigenvalue weighted by Gasteiger charge is 2.34. The summed E-state index contributed by atoms with van der Waals surface area (Å²) < 4.78 is 4.70. The van der Waals surface area contributed by atoms with Crippen LogP contribution in [-0.2, 0) is 9.53 Å². The lowest BCUT2D eigenvalue weighted by Crippen LogP contribution is -2.43. The largest absolute Gasteiger partial charge is 0.467 e. The van der Waals surface area contributed by atoms with E-state index in [-0.39, 0.29) is 12.0 Å². The number of esters is 1. The van der Waals surface area contributed by atoms with Crippen LogP contribution in [0.5, 0.6) is 0 Å². The van der Waals surface area contributed by atoms with Gasteiger partial charge < -0.3 is 20.7 Å². The summed E-state index contributed by atoms with van der Waals surface area (Å²) in [6.45, 7) is 0.556. The van der Waals surface area contributed by atoms with Crippen LogP contribution in [0.25, 0.3) is 0 Å². The molecule has 6 nitrogen and oxygen atoms in total. The first-order chi connectivity index (χ1) is 9.11. The monoisotopic (exact) mass is 263 g/mol. The van der Waals surface area contributed by atoms with Crippen LogP contribution in [0.15, 0.2) is 24.3 Å². The van der Waals surface area contributed by atoms with Crippen molar-refractivity contribution in [1.29, 1.82) is 0 Å². The molecule has 19 heavy (non-hydrogen) atoms. The predicted octanol–water partition coefficient (Wildman–Crippen LogP) is 1.44. The summed E-state index contributed by atoms with van der Waals surface area (Å²) in [4.78, 5) is 25.2. The number of ether oxygens (including phenoxy) is 1. The van der Waals surface area contributed by atoms with Gasteiger partial charge in [0.1, 0.15) is 6.04 Å². The zero-order valence-electron chi connectivity index (χ0n) is 10.8. The van der Waals surface area contributed by atoms with Crippen molar-refractivity contribution < 1.29 is 14.3 Å². The Bertz CT molecular complexity index is 473. The number of carbonyl (C=O) groups excluding carboxylic acids is 2. The summed E-state index contributed by atoms with van der Waals surface area (Å²) >= 11 is 0. The molecule has 2 rings (SSSR count). The number of benzene rings is 1. The fraction of sp³-hybridized carbons (Fsp3) is 0.385. The van der Waals surface area contributed by atoms with Crippen molar-refractivity contribution in [2.24, 2.45) is 0 Å². The van der Waals surface area contributed by atoms with Gasteiger partial charge in [0, 0.05) is 17.9 Å². The standard InChI is InChI=1S/C13H17N3O3/c1-19-12(17)11-3-2-8-16(11)13(18)15-10-6-4-9(14)5-7-10/h4-7,11H,2-3,8,14H2,1H3,(H,15,18). The van der Waals surface area contributed by atoms with Crippen LogP contribution >= 0.6 is 0 Å². The number of nitrogen functional groups attached to an aromatic ring is 1. The molecule has 0 spiro atoms. The Hall–Kier alpha value is -2.24. The smallest absolute Gasteiger partial charge is 0.328 e. The van der Waals surface area contributed by atoms with Crippen LogP contribution in [0, 0.1) is 0 Å². The average molecular weight is 263 g/mol. The highest BCUT2D eigenvalue weighted by Crippen LogP contribution is 2.20. The molecule has 0 aromatic heterocycles. The van der Waals surface area contributed by atoms with Crippen LogP contribution < -0.4 is 11.1 Å². The van der Waals surface area contributed by atoms with Gasteiger partial charge in [-0.1, -0.05) is 0 Å². The molecule has 0 bridgehead atoms. The lowest BCUT2D eigenvalue weighted by Gasteiger charge is -2.22. The van der Waals surface area contributed by atoms with Crippen molar-refractivity contribution in [2.45, 2.75) is 18.9 Å². The maximum atomic E-state index is 12.1. The number of carbonyl (C=O) groups is 2. The Kier molecular flexibility index (Phi) is 3.89. The van der Waals surface area contributed by atoms with Gasteiger partial charge in [-0.15, -0.1) is 0 Å². The number of hydrogen-bond acceptors (Lipinski definition) is 4. The van der Waals surface area contributed by atoms with Gasteiger partial charge in [-0.2, -0.15) is 0 Å². The number of urea groups is 1. The van der Waals surface area contributed by atoms with Gasteiger partial charge in [-0.3, -0.25) is 0 Å². The molecule has 1 aromatic carbocycles. The highest BCUT2D eigenvalue weighted by atomic mass is 16.5. The summed E-state index contributed by atoms with van der Waals surface area (Å²) in [6.07, 6.45) is 1.44. The van der Waals surface area contributed by atoms with E-state index >= 15 is 0 Å². The average Bonchev–Trinajstić information content (AvgIpc) is 2.90.